The number of likely N-dealkylation sites (N-methyl/N-ethyl adjacent to an activating group) is 1. The maximum Gasteiger partial charge on any atom is 0.387 e. The number of ketones is 1. The van der Waals surface area contributed by atoms with Crippen LogP contribution in [0.25, 0.3) is 0 Å². The molecule has 1 amide bonds. The number of carbonyl (C=O) groups is 2. The molecule has 0 fully saturated rings. The monoisotopic (exact) mass is 437 g/mol. The Bertz CT molecular complexity index is 919. The number of alkyl halides is 2. The van der Waals surface area contributed by atoms with Crippen molar-refractivity contribution in [3.05, 3.63) is 47.5 Å². The molecule has 168 valence electrons. The lowest BCUT2D eigenvalue weighted by Crippen LogP contribution is -2.31. The van der Waals surface area contributed by atoms with E-state index >= 15 is 0 Å². The molecule has 0 spiro atoms. The van der Waals surface area contributed by atoms with Gasteiger partial charge >= 0.3 is 6.61 Å². The molecule has 0 aromatic heterocycles. The molecular formula is C22H25F2NO6. The first-order valence-electron chi connectivity index (χ1n) is 9.51. The number of carbonyl (C=O) groups excluding carboxylic acids is 2. The van der Waals surface area contributed by atoms with Gasteiger partial charge in [-0.3, -0.25) is 9.59 Å². The van der Waals surface area contributed by atoms with Gasteiger partial charge in [0.15, 0.2) is 35.4 Å². The number of rotatable bonds is 11. The second-order valence-corrected chi connectivity index (χ2v) is 6.55. The summed E-state index contributed by atoms with van der Waals surface area (Å²) in [6.07, 6.45) is 0. The van der Waals surface area contributed by atoms with Gasteiger partial charge in [0.05, 0.1) is 13.7 Å². The Hall–Kier alpha value is -3.36. The number of hydrogen-bond acceptors (Lipinski definition) is 6. The van der Waals surface area contributed by atoms with Gasteiger partial charge < -0.3 is 23.8 Å². The fourth-order valence-electron chi connectivity index (χ4n) is 2.73. The maximum atomic E-state index is 12.5. The van der Waals surface area contributed by atoms with Crippen LogP contribution >= 0.6 is 0 Å². The van der Waals surface area contributed by atoms with Crippen LogP contribution in [0.5, 0.6) is 23.0 Å². The molecule has 0 radical (unpaired) electrons. The van der Waals surface area contributed by atoms with E-state index in [4.69, 9.17) is 14.2 Å². The number of amides is 1. The summed E-state index contributed by atoms with van der Waals surface area (Å²) in [4.78, 5) is 25.4. The maximum absolute atomic E-state index is 12.5. The van der Waals surface area contributed by atoms with E-state index in [-0.39, 0.29) is 42.9 Å². The quantitative estimate of drug-likeness (QED) is 0.496. The molecule has 31 heavy (non-hydrogen) atoms. The van der Waals surface area contributed by atoms with Gasteiger partial charge in [-0.1, -0.05) is 6.07 Å². The summed E-state index contributed by atoms with van der Waals surface area (Å²) < 4.78 is 45.6. The fourth-order valence-corrected chi connectivity index (χ4v) is 2.73. The van der Waals surface area contributed by atoms with Gasteiger partial charge in [-0.05, 0) is 49.7 Å². The summed E-state index contributed by atoms with van der Waals surface area (Å²) in [5, 5.41) is 0. The summed E-state index contributed by atoms with van der Waals surface area (Å²) in [5.41, 5.74) is 1.14. The zero-order valence-electron chi connectivity index (χ0n) is 17.8. The molecule has 0 heterocycles. The minimum Gasteiger partial charge on any atom is -0.493 e. The van der Waals surface area contributed by atoms with E-state index in [2.05, 4.69) is 4.74 Å². The third-order valence-electron chi connectivity index (χ3n) is 4.29. The van der Waals surface area contributed by atoms with Crippen molar-refractivity contribution >= 4 is 11.7 Å². The van der Waals surface area contributed by atoms with Gasteiger partial charge in [-0.15, -0.1) is 0 Å². The normalized spacial score (nSPS) is 10.5. The van der Waals surface area contributed by atoms with Gasteiger partial charge in [0.25, 0.3) is 5.91 Å². The van der Waals surface area contributed by atoms with Crippen LogP contribution in [0, 0.1) is 0 Å². The minimum absolute atomic E-state index is 0.0704. The average molecular weight is 437 g/mol. The molecule has 0 aliphatic rings. The molecule has 0 saturated carbocycles. The van der Waals surface area contributed by atoms with Crippen LogP contribution < -0.4 is 18.9 Å². The van der Waals surface area contributed by atoms with E-state index in [0.29, 0.717) is 22.6 Å². The molecule has 0 bridgehead atoms. The number of ether oxygens (including phenoxy) is 4. The summed E-state index contributed by atoms with van der Waals surface area (Å²) in [6, 6.07) is 9.21. The van der Waals surface area contributed by atoms with Crippen molar-refractivity contribution in [2.45, 2.75) is 27.0 Å². The first-order valence-corrected chi connectivity index (χ1v) is 9.51. The van der Waals surface area contributed by atoms with Crippen molar-refractivity contribution in [2.24, 2.45) is 0 Å². The molecule has 9 heteroatoms. The van der Waals surface area contributed by atoms with Crippen LogP contribution in [-0.2, 0) is 11.3 Å². The first kappa shape index (κ1) is 23.9. The number of methoxy groups -OCH3 is 1. The lowest BCUT2D eigenvalue weighted by molar-refractivity contribution is -0.132. The van der Waals surface area contributed by atoms with E-state index in [1.165, 1.54) is 25.0 Å². The predicted octanol–water partition coefficient (Wildman–Crippen LogP) is 3.94. The molecule has 0 N–H and O–H groups in total. The topological polar surface area (TPSA) is 74.3 Å². The van der Waals surface area contributed by atoms with E-state index in [1.807, 2.05) is 0 Å². The van der Waals surface area contributed by atoms with Crippen molar-refractivity contribution in [1.29, 1.82) is 0 Å². The second-order valence-electron chi connectivity index (χ2n) is 6.55. The predicted molar refractivity (Wildman–Crippen MR) is 109 cm³/mol. The first-order chi connectivity index (χ1) is 14.7. The Balaban J connectivity index is 2.02. The van der Waals surface area contributed by atoms with E-state index in [9.17, 15) is 18.4 Å². The van der Waals surface area contributed by atoms with Crippen molar-refractivity contribution in [3.8, 4) is 23.0 Å². The second kappa shape index (κ2) is 11.1. The molecule has 0 saturated heterocycles. The zero-order chi connectivity index (χ0) is 23.0. The zero-order valence-corrected chi connectivity index (χ0v) is 17.8. The smallest absolute Gasteiger partial charge is 0.387 e. The van der Waals surface area contributed by atoms with Crippen molar-refractivity contribution in [2.75, 3.05) is 27.4 Å². The molecule has 0 atom stereocenters. The molecule has 2 aromatic carbocycles. The number of hydrogen-bond donors (Lipinski definition) is 0. The number of benzene rings is 2. The highest BCUT2D eigenvalue weighted by molar-refractivity contribution is 5.94. The van der Waals surface area contributed by atoms with Gasteiger partial charge in [-0.2, -0.15) is 8.78 Å². The Morgan fingerprint density at radius 1 is 1.00 bits per heavy atom. The molecular weight excluding hydrogens is 412 g/mol. The van der Waals surface area contributed by atoms with E-state index in [1.54, 1.807) is 44.3 Å². The van der Waals surface area contributed by atoms with Gasteiger partial charge in [-0.25, -0.2) is 0 Å². The lowest BCUT2D eigenvalue weighted by atomic mass is 10.1. The molecule has 0 unspecified atom stereocenters. The van der Waals surface area contributed by atoms with Crippen molar-refractivity contribution in [1.82, 2.24) is 4.90 Å². The van der Waals surface area contributed by atoms with Gasteiger partial charge in [0, 0.05) is 19.2 Å². The lowest BCUT2D eigenvalue weighted by Gasteiger charge is -2.19. The van der Waals surface area contributed by atoms with Crippen LogP contribution in [-0.4, -0.2) is 50.6 Å². The highest BCUT2D eigenvalue weighted by atomic mass is 19.3. The number of Topliss-reactive ketones (excluding diaryl/α,β-unsaturated/α-hetero) is 1. The number of halogens is 2. The Morgan fingerprint density at radius 2 is 1.71 bits per heavy atom. The average Bonchev–Trinajstić information content (AvgIpc) is 2.73. The third-order valence-corrected chi connectivity index (χ3v) is 4.29. The van der Waals surface area contributed by atoms with E-state index in [0.717, 1.165) is 0 Å². The highest BCUT2D eigenvalue weighted by Crippen LogP contribution is 2.31. The third kappa shape index (κ3) is 6.84. The Kier molecular flexibility index (Phi) is 8.60. The summed E-state index contributed by atoms with van der Waals surface area (Å²) in [6.45, 7) is 0.429. The standard InChI is InChI=1S/C22H25F2NO6/c1-5-29-20-10-15(6-8-18(20)31-22(23)24)12-25(3)21(27)13-30-17-9-7-16(14(2)26)11-19(17)28-4/h6-11,22H,5,12-13H2,1-4H3. The summed E-state index contributed by atoms with van der Waals surface area (Å²) in [7, 11) is 3.03. The highest BCUT2D eigenvalue weighted by Gasteiger charge is 2.16. The summed E-state index contributed by atoms with van der Waals surface area (Å²) >= 11 is 0. The summed E-state index contributed by atoms with van der Waals surface area (Å²) in [5.74, 6) is 0.354. The van der Waals surface area contributed by atoms with Crippen LogP contribution in [0.2, 0.25) is 0 Å². The molecule has 0 aliphatic carbocycles. The minimum atomic E-state index is -2.96. The van der Waals surface area contributed by atoms with Gasteiger partial charge in [0.2, 0.25) is 0 Å². The van der Waals surface area contributed by atoms with Crippen LogP contribution in [0.1, 0.15) is 29.8 Å². The number of nitrogens with zero attached hydrogens (tertiary/aromatic N) is 1. The van der Waals surface area contributed by atoms with Crippen LogP contribution in [0.3, 0.4) is 0 Å². The van der Waals surface area contributed by atoms with Crippen molar-refractivity contribution < 1.29 is 37.3 Å². The molecule has 0 aliphatic heterocycles. The Morgan fingerprint density at radius 3 is 2.32 bits per heavy atom. The van der Waals surface area contributed by atoms with Crippen LogP contribution in [0.4, 0.5) is 8.78 Å². The molecule has 2 rings (SSSR count). The molecule has 2 aromatic rings. The van der Waals surface area contributed by atoms with Gasteiger partial charge in [0.1, 0.15) is 0 Å². The fraction of sp³-hybridized carbons (Fsp3) is 0.364. The van der Waals surface area contributed by atoms with Crippen molar-refractivity contribution in [3.63, 3.8) is 0 Å². The molecule has 7 nitrogen and oxygen atoms in total. The van der Waals surface area contributed by atoms with Crippen LogP contribution in [0.15, 0.2) is 36.4 Å². The largest absolute Gasteiger partial charge is 0.493 e. The Labute approximate surface area is 179 Å². The van der Waals surface area contributed by atoms with E-state index < -0.39 is 6.61 Å². The SMILES string of the molecule is CCOc1cc(CN(C)C(=O)COc2ccc(C(C)=O)cc2OC)ccc1OC(F)F.